The fourth-order valence-corrected chi connectivity index (χ4v) is 2.42. The molecule has 0 N–H and O–H groups in total. The van der Waals surface area contributed by atoms with Crippen molar-refractivity contribution in [1.29, 1.82) is 0 Å². The molecule has 0 saturated carbocycles. The van der Waals surface area contributed by atoms with Gasteiger partial charge >= 0.3 is 0 Å². The lowest BCUT2D eigenvalue weighted by molar-refractivity contribution is -0.143. The van der Waals surface area contributed by atoms with Gasteiger partial charge in [0.2, 0.25) is 0 Å². The van der Waals surface area contributed by atoms with E-state index < -0.39 is 0 Å². The smallest absolute Gasteiger partial charge is 0.115 e. The number of fused-ring (bicyclic) bond motifs is 1. The van der Waals surface area contributed by atoms with E-state index in [1.54, 1.807) is 0 Å². The zero-order valence-electron chi connectivity index (χ0n) is 8.87. The van der Waals surface area contributed by atoms with Crippen molar-refractivity contribution in [3.8, 4) is 0 Å². The van der Waals surface area contributed by atoms with Crippen molar-refractivity contribution in [3.63, 3.8) is 0 Å². The van der Waals surface area contributed by atoms with Crippen LogP contribution < -0.4 is 0 Å². The van der Waals surface area contributed by atoms with E-state index in [0.29, 0.717) is 12.1 Å². The number of rotatable bonds is 0. The van der Waals surface area contributed by atoms with E-state index in [2.05, 4.69) is 25.8 Å². The van der Waals surface area contributed by atoms with E-state index in [-0.39, 0.29) is 0 Å². The van der Waals surface area contributed by atoms with E-state index >= 15 is 0 Å². The Balaban J connectivity index is 2.30. The maximum atomic E-state index is 5.75. The molecule has 13 heavy (non-hydrogen) atoms. The molecule has 0 spiro atoms. The predicted octanol–water partition coefficient (Wildman–Crippen LogP) is 0.882. The van der Waals surface area contributed by atoms with Crippen molar-refractivity contribution in [2.45, 2.75) is 26.0 Å². The van der Waals surface area contributed by atoms with Gasteiger partial charge in [-0.05, 0) is 26.5 Å². The molecule has 3 nitrogen and oxygen atoms in total. The molecule has 74 valence electrons. The fourth-order valence-electron chi connectivity index (χ4n) is 2.42. The standard InChI is InChI=1S/C10H18N2O/c1-7-5-11(3)6-9-10(7)8(2)12(4)13-9/h8-9H,5-6H2,1-4H3. The third-order valence-corrected chi connectivity index (χ3v) is 3.11. The summed E-state index contributed by atoms with van der Waals surface area (Å²) in [4.78, 5) is 8.07. The fraction of sp³-hybridized carbons (Fsp3) is 0.800. The van der Waals surface area contributed by atoms with Crippen LogP contribution in [0.4, 0.5) is 0 Å². The van der Waals surface area contributed by atoms with Crippen LogP contribution in [-0.4, -0.2) is 49.3 Å². The lowest BCUT2D eigenvalue weighted by atomic mass is 9.94. The highest BCUT2D eigenvalue weighted by atomic mass is 16.7. The van der Waals surface area contributed by atoms with Crippen molar-refractivity contribution in [3.05, 3.63) is 11.1 Å². The van der Waals surface area contributed by atoms with Crippen molar-refractivity contribution < 1.29 is 4.84 Å². The van der Waals surface area contributed by atoms with Gasteiger partial charge in [0, 0.05) is 20.1 Å². The molecule has 0 aromatic carbocycles. The van der Waals surface area contributed by atoms with Gasteiger partial charge in [-0.3, -0.25) is 9.74 Å². The topological polar surface area (TPSA) is 15.7 Å². The predicted molar refractivity (Wildman–Crippen MR) is 52.3 cm³/mol. The van der Waals surface area contributed by atoms with Gasteiger partial charge in [-0.1, -0.05) is 5.57 Å². The maximum absolute atomic E-state index is 5.75. The Hall–Kier alpha value is -0.380. The number of likely N-dealkylation sites (N-methyl/N-ethyl adjacent to an activating group) is 2. The molecular weight excluding hydrogens is 164 g/mol. The first-order valence-electron chi connectivity index (χ1n) is 4.87. The summed E-state index contributed by atoms with van der Waals surface area (Å²) < 4.78 is 0. The summed E-state index contributed by atoms with van der Waals surface area (Å²) in [6.07, 6.45) is 0.304. The molecule has 0 aromatic rings. The lowest BCUT2D eigenvalue weighted by Gasteiger charge is -2.28. The highest BCUT2D eigenvalue weighted by Gasteiger charge is 2.37. The van der Waals surface area contributed by atoms with Crippen LogP contribution in [0.3, 0.4) is 0 Å². The molecule has 2 rings (SSSR count). The lowest BCUT2D eigenvalue weighted by Crippen LogP contribution is -2.37. The number of nitrogens with zero attached hydrogens (tertiary/aromatic N) is 2. The minimum absolute atomic E-state index is 0.304. The summed E-state index contributed by atoms with van der Waals surface area (Å²) in [5.74, 6) is 0. The van der Waals surface area contributed by atoms with Crippen molar-refractivity contribution in [2.75, 3.05) is 27.2 Å². The van der Waals surface area contributed by atoms with Crippen molar-refractivity contribution in [1.82, 2.24) is 9.96 Å². The molecule has 0 aromatic heterocycles. The van der Waals surface area contributed by atoms with Crippen LogP contribution in [0.2, 0.25) is 0 Å². The largest absolute Gasteiger partial charge is 0.299 e. The summed E-state index contributed by atoms with van der Waals surface area (Å²) in [6, 6.07) is 0.457. The molecule has 2 atom stereocenters. The van der Waals surface area contributed by atoms with Crippen LogP contribution in [-0.2, 0) is 4.84 Å². The van der Waals surface area contributed by atoms with Gasteiger partial charge in [0.05, 0.1) is 6.04 Å². The van der Waals surface area contributed by atoms with Crippen molar-refractivity contribution >= 4 is 0 Å². The van der Waals surface area contributed by atoms with E-state index in [4.69, 9.17) is 4.84 Å². The Morgan fingerprint density at radius 3 is 2.77 bits per heavy atom. The molecule has 2 aliphatic heterocycles. The van der Waals surface area contributed by atoms with Crippen molar-refractivity contribution in [2.24, 2.45) is 0 Å². The maximum Gasteiger partial charge on any atom is 0.115 e. The van der Waals surface area contributed by atoms with Gasteiger partial charge < -0.3 is 0 Å². The highest BCUT2D eigenvalue weighted by molar-refractivity contribution is 5.28. The van der Waals surface area contributed by atoms with Crippen LogP contribution >= 0.6 is 0 Å². The minimum Gasteiger partial charge on any atom is -0.299 e. The number of hydrogen-bond donors (Lipinski definition) is 0. The van der Waals surface area contributed by atoms with E-state index in [0.717, 1.165) is 13.1 Å². The molecule has 0 radical (unpaired) electrons. The number of hydroxylamine groups is 2. The first-order valence-corrected chi connectivity index (χ1v) is 4.87. The molecule has 2 aliphatic rings. The Morgan fingerprint density at radius 2 is 2.08 bits per heavy atom. The molecule has 0 amide bonds. The third-order valence-electron chi connectivity index (χ3n) is 3.11. The highest BCUT2D eigenvalue weighted by Crippen LogP contribution is 2.31. The molecule has 3 heteroatoms. The Morgan fingerprint density at radius 1 is 1.38 bits per heavy atom. The second-order valence-corrected chi connectivity index (χ2v) is 4.25. The van der Waals surface area contributed by atoms with Gasteiger partial charge in [-0.15, -0.1) is 0 Å². The van der Waals surface area contributed by atoms with Gasteiger partial charge in [-0.2, -0.15) is 5.06 Å². The summed E-state index contributed by atoms with van der Waals surface area (Å²) in [7, 11) is 4.16. The molecule has 2 unspecified atom stereocenters. The average Bonchev–Trinajstić information content (AvgIpc) is 2.27. The molecule has 1 saturated heterocycles. The quantitative estimate of drug-likeness (QED) is 0.517. The monoisotopic (exact) mass is 182 g/mol. The first kappa shape index (κ1) is 9.19. The van der Waals surface area contributed by atoms with E-state index in [9.17, 15) is 0 Å². The summed E-state index contributed by atoms with van der Waals surface area (Å²) in [5.41, 5.74) is 2.98. The molecule has 1 fully saturated rings. The van der Waals surface area contributed by atoms with Crippen LogP contribution in [0, 0.1) is 0 Å². The number of hydrogen-bond acceptors (Lipinski definition) is 3. The molecular formula is C10H18N2O. The zero-order valence-corrected chi connectivity index (χ0v) is 8.87. The van der Waals surface area contributed by atoms with Gasteiger partial charge in [0.25, 0.3) is 0 Å². The van der Waals surface area contributed by atoms with Gasteiger partial charge in [0.15, 0.2) is 0 Å². The zero-order chi connectivity index (χ0) is 9.59. The van der Waals surface area contributed by atoms with E-state index in [1.807, 2.05) is 12.1 Å². The van der Waals surface area contributed by atoms with E-state index in [1.165, 1.54) is 11.1 Å². The Kier molecular flexibility index (Phi) is 2.18. The summed E-state index contributed by atoms with van der Waals surface area (Å²) >= 11 is 0. The van der Waals surface area contributed by atoms with Gasteiger partial charge in [-0.25, -0.2) is 0 Å². The SMILES string of the molecule is CC1=C2C(CN(C)C1)ON(C)C2C. The van der Waals surface area contributed by atoms with Crippen LogP contribution in [0.5, 0.6) is 0 Å². The average molecular weight is 182 g/mol. The summed E-state index contributed by atoms with van der Waals surface area (Å²) in [6.45, 7) is 6.55. The Labute approximate surface area is 79.9 Å². The normalized spacial score (nSPS) is 36.9. The second kappa shape index (κ2) is 3.08. The second-order valence-electron chi connectivity index (χ2n) is 4.25. The first-order chi connectivity index (χ1) is 6.09. The molecule has 0 bridgehead atoms. The van der Waals surface area contributed by atoms with Crippen LogP contribution in [0.15, 0.2) is 11.1 Å². The molecule has 2 heterocycles. The van der Waals surface area contributed by atoms with Crippen LogP contribution in [0.1, 0.15) is 13.8 Å². The molecule has 0 aliphatic carbocycles. The Bertz CT molecular complexity index is 249. The minimum atomic E-state index is 0.304. The summed E-state index contributed by atoms with van der Waals surface area (Å²) in [5, 5.41) is 1.97. The third kappa shape index (κ3) is 1.41. The van der Waals surface area contributed by atoms with Crippen LogP contribution in [0.25, 0.3) is 0 Å². The van der Waals surface area contributed by atoms with Gasteiger partial charge in [0.1, 0.15) is 6.10 Å².